The lowest BCUT2D eigenvalue weighted by molar-refractivity contribution is 0.0702. The lowest BCUT2D eigenvalue weighted by atomic mass is 10.2. The molecule has 2 aromatic rings. The number of carboxylic acid groups (broad SMARTS) is 1. The van der Waals surface area contributed by atoms with Crippen LogP contribution in [0.15, 0.2) is 24.5 Å². The van der Waals surface area contributed by atoms with Gasteiger partial charge in [-0.25, -0.2) is 9.78 Å². The number of hydrogen-bond donors (Lipinski definition) is 1. The van der Waals surface area contributed by atoms with Crippen molar-refractivity contribution in [3.05, 3.63) is 34.4 Å². The molecule has 0 radical (unpaired) electrons. The van der Waals surface area contributed by atoms with E-state index in [0.717, 1.165) is 10.6 Å². The average molecular weight is 248 g/mol. The van der Waals surface area contributed by atoms with Crippen LogP contribution in [-0.2, 0) is 0 Å². The van der Waals surface area contributed by atoms with Crippen molar-refractivity contribution in [1.29, 1.82) is 0 Å². The molecule has 5 heteroatoms. The van der Waals surface area contributed by atoms with Crippen LogP contribution in [0.4, 0.5) is 0 Å². The van der Waals surface area contributed by atoms with Crippen molar-refractivity contribution in [2.45, 2.75) is 19.8 Å². The maximum Gasteiger partial charge on any atom is 0.348 e. The Hall–Kier alpha value is -1.75. The Morgan fingerprint density at radius 2 is 2.24 bits per heavy atom. The summed E-state index contributed by atoms with van der Waals surface area (Å²) in [5.41, 5.74) is 1.26. The minimum absolute atomic E-state index is 0.225. The molecule has 1 N–H and O–H groups in total. The van der Waals surface area contributed by atoms with Gasteiger partial charge >= 0.3 is 5.97 Å². The first-order valence-electron chi connectivity index (χ1n) is 5.24. The third-order valence-electron chi connectivity index (χ3n) is 2.27. The molecule has 0 atom stereocenters. The van der Waals surface area contributed by atoms with E-state index in [-0.39, 0.29) is 10.8 Å². The van der Waals surface area contributed by atoms with Crippen molar-refractivity contribution in [3.8, 4) is 11.3 Å². The highest BCUT2D eigenvalue weighted by molar-refractivity contribution is 7.14. The van der Waals surface area contributed by atoms with Gasteiger partial charge in [0, 0.05) is 23.9 Å². The fourth-order valence-corrected chi connectivity index (χ4v) is 2.36. The van der Waals surface area contributed by atoms with Gasteiger partial charge in [-0.1, -0.05) is 13.8 Å². The van der Waals surface area contributed by atoms with Crippen LogP contribution >= 0.6 is 11.3 Å². The third-order valence-corrected chi connectivity index (χ3v) is 3.61. The first kappa shape index (κ1) is 11.7. The third kappa shape index (κ3) is 2.34. The van der Waals surface area contributed by atoms with E-state index >= 15 is 0 Å². The van der Waals surface area contributed by atoms with E-state index in [4.69, 9.17) is 0 Å². The number of thiazole rings is 1. The van der Waals surface area contributed by atoms with E-state index in [2.05, 4.69) is 9.97 Å². The molecule has 0 spiro atoms. The smallest absolute Gasteiger partial charge is 0.348 e. The van der Waals surface area contributed by atoms with Crippen molar-refractivity contribution in [1.82, 2.24) is 9.97 Å². The van der Waals surface area contributed by atoms with Crippen molar-refractivity contribution in [3.63, 3.8) is 0 Å². The minimum Gasteiger partial charge on any atom is -0.477 e. The van der Waals surface area contributed by atoms with Gasteiger partial charge in [0.05, 0.1) is 10.7 Å². The van der Waals surface area contributed by atoms with Gasteiger partial charge < -0.3 is 5.11 Å². The molecule has 0 saturated heterocycles. The molecule has 0 aliphatic carbocycles. The number of carboxylic acids is 1. The zero-order valence-electron chi connectivity index (χ0n) is 9.54. The van der Waals surface area contributed by atoms with Gasteiger partial charge in [0.15, 0.2) is 0 Å². The second kappa shape index (κ2) is 4.63. The number of nitrogens with zero attached hydrogens (tertiary/aromatic N) is 2. The first-order chi connectivity index (χ1) is 8.09. The number of rotatable bonds is 3. The first-order valence-corrected chi connectivity index (χ1v) is 6.05. The molecular weight excluding hydrogens is 236 g/mol. The van der Waals surface area contributed by atoms with Crippen molar-refractivity contribution >= 4 is 17.3 Å². The quantitative estimate of drug-likeness (QED) is 0.906. The van der Waals surface area contributed by atoms with Gasteiger partial charge in [-0.2, -0.15) is 0 Å². The molecule has 2 heterocycles. The molecule has 0 aromatic carbocycles. The standard InChI is InChI=1S/C12H12N2O2S/c1-7(2)11-14-9(10(17-11)12(15)16)8-4-3-5-13-6-8/h3-7H,1-2H3,(H,15,16). The fraction of sp³-hybridized carbons (Fsp3) is 0.250. The summed E-state index contributed by atoms with van der Waals surface area (Å²) >= 11 is 1.23. The second-order valence-corrected chi connectivity index (χ2v) is 4.96. The number of pyridine rings is 1. The number of aromatic carboxylic acids is 1. The molecule has 0 aliphatic heterocycles. The van der Waals surface area contributed by atoms with Crippen molar-refractivity contribution < 1.29 is 9.90 Å². The summed E-state index contributed by atoms with van der Waals surface area (Å²) in [6.45, 7) is 4.00. The molecule has 17 heavy (non-hydrogen) atoms. The highest BCUT2D eigenvalue weighted by atomic mass is 32.1. The predicted molar refractivity (Wildman–Crippen MR) is 66.4 cm³/mol. The molecule has 0 saturated carbocycles. The van der Waals surface area contributed by atoms with Gasteiger partial charge in [0.1, 0.15) is 4.88 Å². The van der Waals surface area contributed by atoms with Crippen LogP contribution in [0.2, 0.25) is 0 Å². The Balaban J connectivity index is 2.56. The van der Waals surface area contributed by atoms with Gasteiger partial charge in [0.25, 0.3) is 0 Å². The monoisotopic (exact) mass is 248 g/mol. The average Bonchev–Trinajstić information content (AvgIpc) is 2.75. The van der Waals surface area contributed by atoms with Gasteiger partial charge in [0.2, 0.25) is 0 Å². The predicted octanol–water partition coefficient (Wildman–Crippen LogP) is 3.03. The van der Waals surface area contributed by atoms with Crippen LogP contribution in [0.5, 0.6) is 0 Å². The molecule has 0 amide bonds. The zero-order valence-corrected chi connectivity index (χ0v) is 10.4. The van der Waals surface area contributed by atoms with Crippen LogP contribution in [-0.4, -0.2) is 21.0 Å². The summed E-state index contributed by atoms with van der Waals surface area (Å²) in [7, 11) is 0. The van der Waals surface area contributed by atoms with E-state index in [9.17, 15) is 9.90 Å². The van der Waals surface area contributed by atoms with Crippen molar-refractivity contribution in [2.75, 3.05) is 0 Å². The molecule has 0 aliphatic rings. The maximum absolute atomic E-state index is 11.2. The molecule has 2 aromatic heterocycles. The Bertz CT molecular complexity index is 535. The lowest BCUT2D eigenvalue weighted by Gasteiger charge is -1.97. The Labute approximate surface area is 103 Å². The highest BCUT2D eigenvalue weighted by Gasteiger charge is 2.19. The van der Waals surface area contributed by atoms with Crippen LogP contribution in [0.25, 0.3) is 11.3 Å². The van der Waals surface area contributed by atoms with Crippen LogP contribution in [0.1, 0.15) is 34.4 Å². The Morgan fingerprint density at radius 3 is 2.76 bits per heavy atom. The van der Waals surface area contributed by atoms with Gasteiger partial charge in [-0.15, -0.1) is 11.3 Å². The molecule has 2 rings (SSSR count). The minimum atomic E-state index is -0.937. The van der Waals surface area contributed by atoms with Gasteiger partial charge in [-0.05, 0) is 12.1 Å². The molecule has 0 fully saturated rings. The zero-order chi connectivity index (χ0) is 12.4. The molecule has 88 valence electrons. The number of hydrogen-bond acceptors (Lipinski definition) is 4. The normalized spacial score (nSPS) is 10.8. The van der Waals surface area contributed by atoms with E-state index in [1.54, 1.807) is 18.5 Å². The van der Waals surface area contributed by atoms with Gasteiger partial charge in [-0.3, -0.25) is 4.98 Å². The van der Waals surface area contributed by atoms with E-state index < -0.39 is 5.97 Å². The fourth-order valence-electron chi connectivity index (χ4n) is 1.43. The topological polar surface area (TPSA) is 63.1 Å². The second-order valence-electron chi connectivity index (χ2n) is 3.93. The maximum atomic E-state index is 11.2. The highest BCUT2D eigenvalue weighted by Crippen LogP contribution is 2.31. The summed E-state index contributed by atoms with van der Waals surface area (Å²) in [6.07, 6.45) is 3.28. The molecular formula is C12H12N2O2S. The molecule has 4 nitrogen and oxygen atoms in total. The van der Waals surface area contributed by atoms with Crippen LogP contribution < -0.4 is 0 Å². The molecule has 0 bridgehead atoms. The summed E-state index contributed by atoms with van der Waals surface area (Å²) in [4.78, 5) is 19.8. The summed E-state index contributed by atoms with van der Waals surface area (Å²) in [6, 6.07) is 3.59. The van der Waals surface area contributed by atoms with Crippen LogP contribution in [0.3, 0.4) is 0 Å². The Kier molecular flexibility index (Phi) is 3.19. The SMILES string of the molecule is CC(C)c1nc(-c2cccnc2)c(C(=O)O)s1. The summed E-state index contributed by atoms with van der Waals surface area (Å²) in [5, 5.41) is 10.0. The summed E-state index contributed by atoms with van der Waals surface area (Å²) < 4.78 is 0. The number of aromatic nitrogens is 2. The lowest BCUT2D eigenvalue weighted by Crippen LogP contribution is -1.95. The van der Waals surface area contributed by atoms with E-state index in [0.29, 0.717) is 5.69 Å². The van der Waals surface area contributed by atoms with Crippen molar-refractivity contribution in [2.24, 2.45) is 0 Å². The molecule has 0 unspecified atom stereocenters. The van der Waals surface area contributed by atoms with E-state index in [1.165, 1.54) is 11.3 Å². The largest absolute Gasteiger partial charge is 0.477 e. The number of carbonyl (C=O) groups is 1. The summed E-state index contributed by atoms with van der Waals surface area (Å²) in [5.74, 6) is -0.711. The van der Waals surface area contributed by atoms with E-state index in [1.807, 2.05) is 19.9 Å². The van der Waals surface area contributed by atoms with Crippen LogP contribution in [0, 0.1) is 0 Å². The Morgan fingerprint density at radius 1 is 1.47 bits per heavy atom.